The van der Waals surface area contributed by atoms with Crippen molar-refractivity contribution in [2.45, 2.75) is 111 Å². The first-order chi connectivity index (χ1) is 16.2. The first-order valence-electron chi connectivity index (χ1n) is 12.6. The van der Waals surface area contributed by atoms with Gasteiger partial charge in [0.2, 0.25) is 0 Å². The normalized spacial score (nSPS) is 37.5. The molecule has 0 unspecified atom stereocenters. The molecule has 8 heteroatoms. The molecule has 1 aromatic heterocycles. The number of esters is 1. The lowest BCUT2D eigenvalue weighted by molar-refractivity contribution is -0.161. The molecule has 2 N–H and O–H groups in total. The van der Waals surface area contributed by atoms with Crippen molar-refractivity contribution in [3.05, 3.63) is 21.7 Å². The van der Waals surface area contributed by atoms with Crippen LogP contribution >= 0.6 is 11.3 Å². The maximum absolute atomic E-state index is 13.2. The number of epoxide rings is 1. The van der Waals surface area contributed by atoms with Crippen molar-refractivity contribution in [2.75, 3.05) is 0 Å². The van der Waals surface area contributed by atoms with Crippen LogP contribution in [0.2, 0.25) is 0 Å². The molecular weight excluding hydrogens is 466 g/mol. The number of hydrogen-bond donors (Lipinski definition) is 2. The number of rotatable bonds is 2. The fourth-order valence-electron chi connectivity index (χ4n) is 5.02. The number of ketones is 1. The van der Waals surface area contributed by atoms with Crippen LogP contribution in [0.4, 0.5) is 0 Å². The number of aliphatic hydroxyl groups is 2. The number of fused-ring (bicyclic) bond motifs is 1. The average Bonchev–Trinajstić information content (AvgIpc) is 3.37. The minimum Gasteiger partial charge on any atom is -0.455 e. The molecule has 2 saturated heterocycles. The number of ether oxygens (including phenoxy) is 2. The molecule has 2 aliphatic heterocycles. The van der Waals surface area contributed by atoms with Crippen LogP contribution in [0.15, 0.2) is 11.0 Å². The van der Waals surface area contributed by atoms with E-state index in [0.29, 0.717) is 6.42 Å². The van der Waals surface area contributed by atoms with Gasteiger partial charge in [-0.25, -0.2) is 4.98 Å². The average molecular weight is 508 g/mol. The zero-order chi connectivity index (χ0) is 26.1. The molecule has 0 saturated carbocycles. The van der Waals surface area contributed by atoms with Crippen LogP contribution in [0.5, 0.6) is 0 Å². The summed E-state index contributed by atoms with van der Waals surface area (Å²) in [5, 5.41) is 24.6. The lowest BCUT2D eigenvalue weighted by Crippen LogP contribution is -2.46. The fraction of sp³-hybridized carbons (Fsp3) is 0.741. The van der Waals surface area contributed by atoms with Gasteiger partial charge >= 0.3 is 5.97 Å². The summed E-state index contributed by atoms with van der Waals surface area (Å²) < 4.78 is 11.9. The van der Waals surface area contributed by atoms with Crippen LogP contribution in [0.3, 0.4) is 0 Å². The number of hydrogen-bond acceptors (Lipinski definition) is 8. The van der Waals surface area contributed by atoms with Crippen molar-refractivity contribution in [3.63, 3.8) is 0 Å². The number of Topliss-reactive ketones (excluding diaryl/α,β-unsaturated/α-hetero) is 1. The summed E-state index contributed by atoms with van der Waals surface area (Å²) in [4.78, 5) is 30.8. The number of carbonyl (C=O) groups excluding carboxylic acids is 2. The SMILES string of the molecule is CC(=Cc1csc(C)n1)[C@@]1(C)C[C@@H]2O[C@H]2CCC[C@@H](C)[C@@H](O)[C@H](C)C(=O)C(C)(C)[C@H](O)CC(=O)O1. The maximum Gasteiger partial charge on any atom is 0.309 e. The van der Waals surface area contributed by atoms with Crippen molar-refractivity contribution in [3.8, 4) is 0 Å². The molecular formula is C27H41NO6S. The molecule has 0 spiro atoms. The van der Waals surface area contributed by atoms with E-state index in [1.54, 1.807) is 32.1 Å². The third-order valence-electron chi connectivity index (χ3n) is 7.94. The summed E-state index contributed by atoms with van der Waals surface area (Å²) >= 11 is 1.56. The molecule has 1 aromatic rings. The van der Waals surface area contributed by atoms with E-state index in [-0.39, 0.29) is 30.3 Å². The lowest BCUT2D eigenvalue weighted by Gasteiger charge is -2.35. The fourth-order valence-corrected chi connectivity index (χ4v) is 5.59. The Kier molecular flexibility index (Phi) is 8.62. The van der Waals surface area contributed by atoms with E-state index >= 15 is 0 Å². The highest BCUT2D eigenvalue weighted by molar-refractivity contribution is 7.09. The Labute approximate surface area is 212 Å². The number of thiazole rings is 1. The molecule has 2 aliphatic rings. The van der Waals surface area contributed by atoms with Gasteiger partial charge < -0.3 is 19.7 Å². The van der Waals surface area contributed by atoms with E-state index in [1.165, 1.54) is 0 Å². The second-order valence-corrected chi connectivity index (χ2v) is 12.3. The second-order valence-electron chi connectivity index (χ2n) is 11.2. The van der Waals surface area contributed by atoms with Crippen molar-refractivity contribution < 1.29 is 29.3 Å². The molecule has 3 rings (SSSR count). The van der Waals surface area contributed by atoms with Gasteiger partial charge in [-0.05, 0) is 51.2 Å². The Balaban J connectivity index is 1.87. The second kappa shape index (κ2) is 10.8. The molecule has 0 aromatic carbocycles. The van der Waals surface area contributed by atoms with E-state index in [9.17, 15) is 19.8 Å². The van der Waals surface area contributed by atoms with Gasteiger partial charge in [0, 0.05) is 17.7 Å². The minimum absolute atomic E-state index is 0.0247. The number of cyclic esters (lactones) is 1. The van der Waals surface area contributed by atoms with Crippen LogP contribution in [-0.4, -0.2) is 57.0 Å². The van der Waals surface area contributed by atoms with Gasteiger partial charge in [0.1, 0.15) is 11.4 Å². The topological polar surface area (TPSA) is 109 Å². The summed E-state index contributed by atoms with van der Waals surface area (Å²) in [6, 6.07) is 0. The summed E-state index contributed by atoms with van der Waals surface area (Å²) in [7, 11) is 0. The molecule has 7 atom stereocenters. The van der Waals surface area contributed by atoms with Crippen LogP contribution < -0.4 is 0 Å². The molecule has 0 aliphatic carbocycles. The molecule has 0 bridgehead atoms. The van der Waals surface area contributed by atoms with Gasteiger partial charge in [-0.3, -0.25) is 9.59 Å². The van der Waals surface area contributed by atoms with Crippen LogP contribution in [0.1, 0.15) is 84.3 Å². The summed E-state index contributed by atoms with van der Waals surface area (Å²) in [6.45, 7) is 12.6. The third-order valence-corrected chi connectivity index (χ3v) is 8.73. The van der Waals surface area contributed by atoms with Crippen molar-refractivity contribution >= 4 is 29.2 Å². The summed E-state index contributed by atoms with van der Waals surface area (Å²) in [6.07, 6.45) is 2.64. The van der Waals surface area contributed by atoms with Gasteiger partial charge in [0.25, 0.3) is 0 Å². The van der Waals surface area contributed by atoms with E-state index in [4.69, 9.17) is 9.47 Å². The molecule has 35 heavy (non-hydrogen) atoms. The van der Waals surface area contributed by atoms with Crippen molar-refractivity contribution in [2.24, 2.45) is 17.3 Å². The zero-order valence-electron chi connectivity index (χ0n) is 22.0. The number of aliphatic hydroxyl groups excluding tert-OH is 2. The smallest absolute Gasteiger partial charge is 0.309 e. The van der Waals surface area contributed by atoms with Crippen LogP contribution in [0, 0.1) is 24.2 Å². The Morgan fingerprint density at radius 1 is 1.17 bits per heavy atom. The van der Waals surface area contributed by atoms with Gasteiger partial charge in [-0.15, -0.1) is 11.3 Å². The van der Waals surface area contributed by atoms with E-state index in [1.807, 2.05) is 39.2 Å². The first-order valence-corrected chi connectivity index (χ1v) is 13.5. The molecule has 196 valence electrons. The summed E-state index contributed by atoms with van der Waals surface area (Å²) in [5.41, 5.74) is -0.478. The molecule has 0 radical (unpaired) electrons. The molecule has 3 heterocycles. The van der Waals surface area contributed by atoms with Crippen LogP contribution in [0.25, 0.3) is 6.08 Å². The van der Waals surface area contributed by atoms with E-state index in [2.05, 4.69) is 4.98 Å². The predicted molar refractivity (Wildman–Crippen MR) is 136 cm³/mol. The lowest BCUT2D eigenvalue weighted by atomic mass is 9.73. The van der Waals surface area contributed by atoms with Crippen LogP contribution in [-0.2, 0) is 19.1 Å². The number of carbonyl (C=O) groups is 2. The van der Waals surface area contributed by atoms with Gasteiger partial charge in [0.15, 0.2) is 0 Å². The zero-order valence-corrected chi connectivity index (χ0v) is 22.9. The van der Waals surface area contributed by atoms with E-state index in [0.717, 1.165) is 35.5 Å². The number of aromatic nitrogens is 1. The van der Waals surface area contributed by atoms with Gasteiger partial charge in [0.05, 0.1) is 47.0 Å². The highest BCUT2D eigenvalue weighted by Gasteiger charge is 2.47. The monoisotopic (exact) mass is 507 g/mol. The minimum atomic E-state index is -1.24. The molecule has 0 amide bonds. The van der Waals surface area contributed by atoms with Crippen molar-refractivity contribution in [1.82, 2.24) is 4.98 Å². The highest BCUT2D eigenvalue weighted by Crippen LogP contribution is 2.40. The van der Waals surface area contributed by atoms with E-state index < -0.39 is 35.1 Å². The Bertz CT molecular complexity index is 955. The largest absolute Gasteiger partial charge is 0.455 e. The standard InChI is InChI=1S/C27H41NO6S/c1-15-9-8-10-20-21(33-20)13-27(7,16(2)11-19-14-35-18(4)28-19)34-23(30)12-22(29)26(5,6)25(32)17(3)24(15)31/h11,14-15,17,20-22,24,29,31H,8-10,12-13H2,1-7H3/t15-,17+,20+,21+,22-,24-,27-/m1/s1. The predicted octanol–water partition coefficient (Wildman–Crippen LogP) is 4.48. The van der Waals surface area contributed by atoms with Gasteiger partial charge in [-0.1, -0.05) is 34.1 Å². The Morgan fingerprint density at radius 2 is 1.86 bits per heavy atom. The molecule has 2 fully saturated rings. The third kappa shape index (κ3) is 6.59. The number of nitrogens with zero attached hydrogens (tertiary/aromatic N) is 1. The summed E-state index contributed by atoms with van der Waals surface area (Å²) in [5.74, 6) is -1.55. The Hall–Kier alpha value is -1.61. The molecule has 7 nitrogen and oxygen atoms in total. The first kappa shape index (κ1) is 28.0. The quantitative estimate of drug-likeness (QED) is 0.449. The van der Waals surface area contributed by atoms with Gasteiger partial charge in [-0.2, -0.15) is 0 Å². The van der Waals surface area contributed by atoms with Crippen molar-refractivity contribution in [1.29, 1.82) is 0 Å². The highest BCUT2D eigenvalue weighted by atomic mass is 32.1. The Morgan fingerprint density at radius 3 is 2.49 bits per heavy atom. The maximum atomic E-state index is 13.2. The number of aryl methyl sites for hydroxylation is 1.